The van der Waals surface area contributed by atoms with Crippen molar-refractivity contribution in [1.82, 2.24) is 9.80 Å². The lowest BCUT2D eigenvalue weighted by Crippen LogP contribution is -2.46. The van der Waals surface area contributed by atoms with Gasteiger partial charge in [0.15, 0.2) is 0 Å². The number of likely N-dealkylation sites (tertiary alicyclic amines) is 1. The normalized spacial score (nSPS) is 18.4. The predicted molar refractivity (Wildman–Crippen MR) is 92.8 cm³/mol. The molecular formula is C20H24N2O. The highest BCUT2D eigenvalue weighted by molar-refractivity contribution is 5.77. The Kier molecular flexibility index (Phi) is 5.09. The molecule has 0 radical (unpaired) electrons. The van der Waals surface area contributed by atoms with E-state index in [0.29, 0.717) is 12.5 Å². The van der Waals surface area contributed by atoms with Crippen LogP contribution in [0.1, 0.15) is 24.0 Å². The highest BCUT2D eigenvalue weighted by Crippen LogP contribution is 2.20. The zero-order chi connectivity index (χ0) is 16.1. The second-order valence-electron chi connectivity index (χ2n) is 6.35. The average molecular weight is 308 g/mol. The first-order valence-corrected chi connectivity index (χ1v) is 8.28. The molecule has 2 aromatic carbocycles. The predicted octanol–water partition coefficient (Wildman–Crippen LogP) is 3.31. The van der Waals surface area contributed by atoms with Crippen LogP contribution in [0.5, 0.6) is 0 Å². The van der Waals surface area contributed by atoms with E-state index in [0.717, 1.165) is 26.1 Å². The highest BCUT2D eigenvalue weighted by Gasteiger charge is 2.28. The molecule has 3 nitrogen and oxygen atoms in total. The van der Waals surface area contributed by atoms with Crippen LogP contribution in [0.15, 0.2) is 60.7 Å². The summed E-state index contributed by atoms with van der Waals surface area (Å²) in [4.78, 5) is 16.8. The highest BCUT2D eigenvalue weighted by atomic mass is 16.2. The molecule has 0 aromatic heterocycles. The quantitative estimate of drug-likeness (QED) is 0.846. The number of nitrogens with zero attached hydrogens (tertiary/aromatic N) is 2. The number of carbonyl (C=O) groups excluding carboxylic acids is 1. The lowest BCUT2D eigenvalue weighted by molar-refractivity contribution is -0.136. The molecule has 1 heterocycles. The van der Waals surface area contributed by atoms with E-state index in [-0.39, 0.29) is 5.91 Å². The van der Waals surface area contributed by atoms with Crippen molar-refractivity contribution in [3.05, 3.63) is 71.8 Å². The maximum absolute atomic E-state index is 12.5. The van der Waals surface area contributed by atoms with Crippen LogP contribution in [0.4, 0.5) is 0 Å². The summed E-state index contributed by atoms with van der Waals surface area (Å²) in [7, 11) is 2.12. The van der Waals surface area contributed by atoms with Gasteiger partial charge in [-0.3, -0.25) is 9.69 Å². The maximum atomic E-state index is 12.5. The first kappa shape index (κ1) is 15.8. The molecule has 1 saturated heterocycles. The van der Waals surface area contributed by atoms with Crippen molar-refractivity contribution in [2.45, 2.75) is 32.0 Å². The first-order chi connectivity index (χ1) is 11.2. The minimum absolute atomic E-state index is 0.269. The lowest BCUT2D eigenvalue weighted by atomic mass is 10.0. The summed E-state index contributed by atoms with van der Waals surface area (Å²) < 4.78 is 0. The third kappa shape index (κ3) is 4.20. The standard InChI is InChI=1S/C20H24N2O/c1-21(15-17-8-4-2-5-9-17)19-12-13-22(20(23)14-19)16-18-10-6-3-7-11-18/h2-11,19H,12-16H2,1H3. The Morgan fingerprint density at radius 3 is 2.22 bits per heavy atom. The van der Waals surface area contributed by atoms with Crippen LogP contribution in [0, 0.1) is 0 Å². The smallest absolute Gasteiger partial charge is 0.224 e. The van der Waals surface area contributed by atoms with E-state index in [1.54, 1.807) is 0 Å². The molecule has 3 rings (SSSR count). The molecule has 3 heteroatoms. The fourth-order valence-corrected chi connectivity index (χ4v) is 3.21. The van der Waals surface area contributed by atoms with E-state index >= 15 is 0 Å². The Labute approximate surface area is 138 Å². The summed E-state index contributed by atoms with van der Waals surface area (Å²) >= 11 is 0. The van der Waals surface area contributed by atoms with E-state index in [4.69, 9.17) is 0 Å². The van der Waals surface area contributed by atoms with Crippen molar-refractivity contribution in [3.8, 4) is 0 Å². The van der Waals surface area contributed by atoms with E-state index in [9.17, 15) is 4.79 Å². The SMILES string of the molecule is CN(Cc1ccccc1)C1CCN(Cc2ccccc2)C(=O)C1. The van der Waals surface area contributed by atoms with Gasteiger partial charge in [-0.2, -0.15) is 0 Å². The minimum Gasteiger partial charge on any atom is -0.338 e. The van der Waals surface area contributed by atoms with Gasteiger partial charge in [-0.25, -0.2) is 0 Å². The van der Waals surface area contributed by atoms with E-state index < -0.39 is 0 Å². The molecule has 0 bridgehead atoms. The third-order valence-electron chi connectivity index (χ3n) is 4.61. The van der Waals surface area contributed by atoms with Crippen molar-refractivity contribution < 1.29 is 4.79 Å². The molecule has 1 aliphatic rings. The van der Waals surface area contributed by atoms with Gasteiger partial charge >= 0.3 is 0 Å². The summed E-state index contributed by atoms with van der Waals surface area (Å²) in [5, 5.41) is 0. The summed E-state index contributed by atoms with van der Waals surface area (Å²) in [6.45, 7) is 2.48. The zero-order valence-corrected chi connectivity index (χ0v) is 13.7. The van der Waals surface area contributed by atoms with Crippen molar-refractivity contribution in [1.29, 1.82) is 0 Å². The molecule has 1 atom stereocenters. The molecular weight excluding hydrogens is 284 g/mol. The number of hydrogen-bond donors (Lipinski definition) is 0. The van der Waals surface area contributed by atoms with Crippen LogP contribution in [0.2, 0.25) is 0 Å². The molecule has 1 fully saturated rings. The van der Waals surface area contributed by atoms with Crippen LogP contribution in [-0.2, 0) is 17.9 Å². The van der Waals surface area contributed by atoms with Crippen LogP contribution in [-0.4, -0.2) is 35.3 Å². The minimum atomic E-state index is 0.269. The van der Waals surface area contributed by atoms with Gasteiger partial charge in [0.25, 0.3) is 0 Å². The topological polar surface area (TPSA) is 23.6 Å². The van der Waals surface area contributed by atoms with Crippen molar-refractivity contribution >= 4 is 5.91 Å². The molecule has 120 valence electrons. The second kappa shape index (κ2) is 7.42. The fraction of sp³-hybridized carbons (Fsp3) is 0.350. The Hall–Kier alpha value is -2.13. The fourth-order valence-electron chi connectivity index (χ4n) is 3.21. The van der Waals surface area contributed by atoms with Crippen LogP contribution < -0.4 is 0 Å². The van der Waals surface area contributed by atoms with E-state index in [2.05, 4.69) is 48.3 Å². The first-order valence-electron chi connectivity index (χ1n) is 8.28. The summed E-state index contributed by atoms with van der Waals surface area (Å²) in [6, 6.07) is 21.0. The van der Waals surface area contributed by atoms with Crippen molar-refractivity contribution in [2.24, 2.45) is 0 Å². The van der Waals surface area contributed by atoms with Gasteiger partial charge in [0.05, 0.1) is 0 Å². The summed E-state index contributed by atoms with van der Waals surface area (Å²) in [6.07, 6.45) is 1.66. The Morgan fingerprint density at radius 1 is 1.00 bits per heavy atom. The molecule has 0 aliphatic carbocycles. The van der Waals surface area contributed by atoms with Crippen molar-refractivity contribution in [3.63, 3.8) is 0 Å². The zero-order valence-electron chi connectivity index (χ0n) is 13.7. The number of amides is 1. The van der Waals surface area contributed by atoms with Gasteiger partial charge in [0.1, 0.15) is 0 Å². The monoisotopic (exact) mass is 308 g/mol. The van der Waals surface area contributed by atoms with Gasteiger partial charge in [-0.05, 0) is 24.6 Å². The van der Waals surface area contributed by atoms with Crippen molar-refractivity contribution in [2.75, 3.05) is 13.6 Å². The number of hydrogen-bond acceptors (Lipinski definition) is 2. The lowest BCUT2D eigenvalue weighted by Gasteiger charge is -2.36. The maximum Gasteiger partial charge on any atom is 0.224 e. The third-order valence-corrected chi connectivity index (χ3v) is 4.61. The van der Waals surface area contributed by atoms with Gasteiger partial charge in [-0.1, -0.05) is 60.7 Å². The molecule has 1 aliphatic heterocycles. The van der Waals surface area contributed by atoms with E-state index in [1.165, 1.54) is 11.1 Å². The van der Waals surface area contributed by atoms with Crippen LogP contribution in [0.25, 0.3) is 0 Å². The molecule has 2 aromatic rings. The summed E-state index contributed by atoms with van der Waals surface area (Å²) in [5.41, 5.74) is 2.51. The van der Waals surface area contributed by atoms with Gasteiger partial charge in [-0.15, -0.1) is 0 Å². The molecule has 0 saturated carbocycles. The van der Waals surface area contributed by atoms with Gasteiger partial charge < -0.3 is 4.90 Å². The molecule has 1 amide bonds. The molecule has 1 unspecified atom stereocenters. The molecule has 23 heavy (non-hydrogen) atoms. The second-order valence-corrected chi connectivity index (χ2v) is 6.35. The number of carbonyl (C=O) groups is 1. The van der Waals surface area contributed by atoms with Crippen LogP contribution in [0.3, 0.4) is 0 Å². The van der Waals surface area contributed by atoms with E-state index in [1.807, 2.05) is 29.2 Å². The number of rotatable bonds is 5. The number of benzene rings is 2. The van der Waals surface area contributed by atoms with Gasteiger partial charge in [0.2, 0.25) is 5.91 Å². The van der Waals surface area contributed by atoms with Gasteiger partial charge in [0, 0.05) is 32.1 Å². The Morgan fingerprint density at radius 2 is 1.61 bits per heavy atom. The number of piperidine rings is 1. The van der Waals surface area contributed by atoms with Crippen LogP contribution >= 0.6 is 0 Å². The largest absolute Gasteiger partial charge is 0.338 e. The Bertz CT molecular complexity index is 627. The molecule has 0 N–H and O–H groups in total. The summed E-state index contributed by atoms with van der Waals surface area (Å²) in [5.74, 6) is 0.269. The average Bonchev–Trinajstić information content (AvgIpc) is 2.58. The molecule has 0 spiro atoms. The Balaban J connectivity index is 1.54.